The highest BCUT2D eigenvalue weighted by Crippen LogP contribution is 2.31. The second-order valence-corrected chi connectivity index (χ2v) is 9.33. The molecule has 0 N–H and O–H groups in total. The monoisotopic (exact) mass is 439 g/mol. The summed E-state index contributed by atoms with van der Waals surface area (Å²) in [4.78, 5) is 21.6. The molecule has 1 aliphatic heterocycles. The van der Waals surface area contributed by atoms with E-state index in [4.69, 9.17) is 9.97 Å². The average molecular weight is 439 g/mol. The maximum Gasteiger partial charge on any atom is 0.269 e. The number of benzene rings is 2. The van der Waals surface area contributed by atoms with Crippen LogP contribution >= 0.6 is 0 Å². The Hall–Kier alpha value is -3.37. The molecule has 1 aromatic heterocycles. The second-order valence-electron chi connectivity index (χ2n) is 7.40. The highest BCUT2D eigenvalue weighted by molar-refractivity contribution is 7.89. The van der Waals surface area contributed by atoms with Gasteiger partial charge < -0.3 is 4.90 Å². The van der Waals surface area contributed by atoms with Crippen molar-refractivity contribution in [3.63, 3.8) is 0 Å². The molecule has 4 rings (SSSR count). The minimum atomic E-state index is -3.82. The molecule has 2 aromatic carbocycles. The summed E-state index contributed by atoms with van der Waals surface area (Å²) in [6.45, 7) is 0.404. The van der Waals surface area contributed by atoms with Crippen LogP contribution in [0.4, 0.5) is 11.5 Å². The molecule has 0 aliphatic carbocycles. The van der Waals surface area contributed by atoms with Crippen LogP contribution in [-0.4, -0.2) is 48.3 Å². The van der Waals surface area contributed by atoms with Gasteiger partial charge in [0.15, 0.2) is 5.82 Å². The number of fused-ring (bicyclic) bond motifs is 1. The van der Waals surface area contributed by atoms with E-state index in [-0.39, 0.29) is 23.7 Å². The summed E-state index contributed by atoms with van der Waals surface area (Å²) < 4.78 is 27.7. The molecule has 1 aliphatic rings. The van der Waals surface area contributed by atoms with Gasteiger partial charge in [0.05, 0.1) is 15.5 Å². The first kappa shape index (κ1) is 20.9. The van der Waals surface area contributed by atoms with Gasteiger partial charge in [0.1, 0.15) is 5.82 Å². The summed E-state index contributed by atoms with van der Waals surface area (Å²) in [5.74, 6) is 1.28. The number of aromatic nitrogens is 2. The summed E-state index contributed by atoms with van der Waals surface area (Å²) >= 11 is 0. The molecule has 0 radical (unpaired) electrons. The van der Waals surface area contributed by atoms with Crippen molar-refractivity contribution in [3.05, 3.63) is 76.0 Å². The highest BCUT2D eigenvalue weighted by Gasteiger charge is 2.32. The van der Waals surface area contributed by atoms with Gasteiger partial charge in [-0.05, 0) is 12.1 Å². The topological polar surface area (TPSA) is 110 Å². The summed E-state index contributed by atoms with van der Waals surface area (Å²) in [6, 6.07) is 14.6. The molecule has 0 saturated carbocycles. The number of sulfonamides is 1. The molecule has 0 unspecified atom stereocenters. The number of nitrogens with zero attached hydrogens (tertiary/aromatic N) is 5. The molecular weight excluding hydrogens is 418 g/mol. The van der Waals surface area contributed by atoms with E-state index in [0.717, 1.165) is 16.8 Å². The Bertz CT molecular complexity index is 1230. The molecular formula is C21H21N5O4S. The fraction of sp³-hybridized carbons (Fsp3) is 0.238. The normalized spacial score (nSPS) is 14.1. The summed E-state index contributed by atoms with van der Waals surface area (Å²) in [5.41, 5.74) is 2.34. The fourth-order valence-electron chi connectivity index (χ4n) is 3.55. The first-order chi connectivity index (χ1) is 14.8. The van der Waals surface area contributed by atoms with Gasteiger partial charge in [-0.2, -0.15) is 4.31 Å². The molecule has 3 aromatic rings. The molecule has 9 nitrogen and oxygen atoms in total. The number of hydrogen-bond donors (Lipinski definition) is 0. The quantitative estimate of drug-likeness (QED) is 0.444. The number of anilines is 1. The van der Waals surface area contributed by atoms with Gasteiger partial charge in [-0.25, -0.2) is 18.4 Å². The van der Waals surface area contributed by atoms with Crippen LogP contribution in [0.25, 0.3) is 11.4 Å². The van der Waals surface area contributed by atoms with Gasteiger partial charge in [0, 0.05) is 56.9 Å². The van der Waals surface area contributed by atoms with Crippen molar-refractivity contribution in [3.8, 4) is 11.4 Å². The lowest BCUT2D eigenvalue weighted by Crippen LogP contribution is -2.37. The van der Waals surface area contributed by atoms with Gasteiger partial charge in [-0.15, -0.1) is 0 Å². The van der Waals surface area contributed by atoms with Crippen molar-refractivity contribution < 1.29 is 13.3 Å². The van der Waals surface area contributed by atoms with E-state index in [9.17, 15) is 18.5 Å². The van der Waals surface area contributed by atoms with Crippen molar-refractivity contribution in [2.24, 2.45) is 0 Å². The Labute approximate surface area is 180 Å². The van der Waals surface area contributed by atoms with E-state index < -0.39 is 14.9 Å². The lowest BCUT2D eigenvalue weighted by molar-refractivity contribution is -0.384. The number of nitro benzene ring substituents is 1. The molecule has 0 amide bonds. The van der Waals surface area contributed by atoms with Crippen LogP contribution in [0.5, 0.6) is 0 Å². The third-order valence-corrected chi connectivity index (χ3v) is 7.00. The first-order valence-electron chi connectivity index (χ1n) is 9.64. The van der Waals surface area contributed by atoms with E-state index in [1.807, 2.05) is 49.3 Å². The Morgan fingerprint density at radius 2 is 1.71 bits per heavy atom. The lowest BCUT2D eigenvalue weighted by atomic mass is 10.1. The molecule has 160 valence electrons. The summed E-state index contributed by atoms with van der Waals surface area (Å²) in [7, 11) is -0.0908. The van der Waals surface area contributed by atoms with Gasteiger partial charge in [-0.3, -0.25) is 10.1 Å². The smallest absolute Gasteiger partial charge is 0.269 e. The van der Waals surface area contributed by atoms with Crippen molar-refractivity contribution in [1.29, 1.82) is 0 Å². The number of non-ortho nitro benzene ring substituents is 1. The largest absolute Gasteiger partial charge is 0.362 e. The Kier molecular flexibility index (Phi) is 5.42. The van der Waals surface area contributed by atoms with Crippen LogP contribution < -0.4 is 4.90 Å². The maximum absolute atomic E-state index is 13.1. The van der Waals surface area contributed by atoms with Crippen LogP contribution in [-0.2, 0) is 23.0 Å². The van der Waals surface area contributed by atoms with E-state index in [0.29, 0.717) is 18.1 Å². The third kappa shape index (κ3) is 3.99. The standard InChI is InChI=1S/C21H21N5O4S/c1-24(2)21-18-14-25(31(29,30)17-10-8-16(9-11-17)26(27)28)13-12-19(18)22-20(23-21)15-6-4-3-5-7-15/h3-11H,12-14H2,1-2H3. The molecule has 2 heterocycles. The average Bonchev–Trinajstić information content (AvgIpc) is 2.78. The van der Waals surface area contributed by atoms with E-state index in [1.54, 1.807) is 0 Å². The molecule has 31 heavy (non-hydrogen) atoms. The van der Waals surface area contributed by atoms with Crippen molar-refractivity contribution in [2.75, 3.05) is 25.5 Å². The van der Waals surface area contributed by atoms with Gasteiger partial charge in [0.2, 0.25) is 10.0 Å². The molecule has 10 heteroatoms. The Morgan fingerprint density at radius 3 is 2.32 bits per heavy atom. The SMILES string of the molecule is CN(C)c1nc(-c2ccccc2)nc2c1CN(S(=O)(=O)c1ccc([N+](=O)[O-])cc1)CC2. The van der Waals surface area contributed by atoms with E-state index in [2.05, 4.69) is 0 Å². The van der Waals surface area contributed by atoms with Crippen molar-refractivity contribution in [1.82, 2.24) is 14.3 Å². The molecule has 0 fully saturated rings. The molecule has 0 spiro atoms. The second kappa shape index (κ2) is 8.05. The van der Waals surface area contributed by atoms with Crippen LogP contribution in [0.1, 0.15) is 11.3 Å². The Morgan fingerprint density at radius 1 is 1.03 bits per heavy atom. The minimum absolute atomic E-state index is 0.0229. The Balaban J connectivity index is 1.70. The third-order valence-electron chi connectivity index (χ3n) is 5.14. The van der Waals surface area contributed by atoms with Gasteiger partial charge in [-0.1, -0.05) is 30.3 Å². The zero-order valence-corrected chi connectivity index (χ0v) is 17.9. The maximum atomic E-state index is 13.1. The molecule has 0 bridgehead atoms. The first-order valence-corrected chi connectivity index (χ1v) is 11.1. The van der Waals surface area contributed by atoms with E-state index in [1.165, 1.54) is 28.6 Å². The summed E-state index contributed by atoms with van der Waals surface area (Å²) in [6.07, 6.45) is 0.449. The van der Waals surface area contributed by atoms with Crippen LogP contribution in [0, 0.1) is 10.1 Å². The van der Waals surface area contributed by atoms with Crippen molar-refractivity contribution >= 4 is 21.5 Å². The van der Waals surface area contributed by atoms with Crippen LogP contribution in [0.2, 0.25) is 0 Å². The zero-order chi connectivity index (χ0) is 22.2. The minimum Gasteiger partial charge on any atom is -0.362 e. The van der Waals surface area contributed by atoms with E-state index >= 15 is 0 Å². The highest BCUT2D eigenvalue weighted by atomic mass is 32.2. The predicted octanol–water partition coefficient (Wildman–Crippen LogP) is 2.86. The van der Waals surface area contributed by atoms with Crippen LogP contribution in [0.3, 0.4) is 0 Å². The lowest BCUT2D eigenvalue weighted by Gasteiger charge is -2.30. The van der Waals surface area contributed by atoms with Crippen molar-refractivity contribution in [2.45, 2.75) is 17.9 Å². The van der Waals surface area contributed by atoms with Gasteiger partial charge >= 0.3 is 0 Å². The molecule has 0 atom stereocenters. The predicted molar refractivity (Wildman–Crippen MR) is 116 cm³/mol. The van der Waals surface area contributed by atoms with Crippen LogP contribution in [0.15, 0.2) is 59.5 Å². The number of rotatable bonds is 5. The van der Waals surface area contributed by atoms with Gasteiger partial charge in [0.25, 0.3) is 5.69 Å². The zero-order valence-electron chi connectivity index (χ0n) is 17.1. The number of hydrogen-bond acceptors (Lipinski definition) is 7. The molecule has 0 saturated heterocycles. The summed E-state index contributed by atoms with van der Waals surface area (Å²) in [5, 5.41) is 10.9. The number of nitro groups is 1. The fourth-order valence-corrected chi connectivity index (χ4v) is 4.96.